The molecule has 3 nitrogen and oxygen atoms in total. The van der Waals surface area contributed by atoms with Gasteiger partial charge in [0.1, 0.15) is 0 Å². The van der Waals surface area contributed by atoms with Crippen LogP contribution in [0.4, 0.5) is 11.4 Å². The minimum absolute atomic E-state index is 0.0176. The Labute approximate surface area is 137 Å². The quantitative estimate of drug-likeness (QED) is 0.765. The highest BCUT2D eigenvalue weighted by Crippen LogP contribution is 2.40. The Morgan fingerprint density at radius 1 is 0.696 bits per heavy atom. The lowest BCUT2D eigenvalue weighted by molar-refractivity contribution is 0.403. The number of nitrogens with zero attached hydrogens (tertiary/aromatic N) is 1. The van der Waals surface area contributed by atoms with Gasteiger partial charge in [0.15, 0.2) is 11.5 Å². The number of fused-ring (bicyclic) bond motifs is 2. The summed E-state index contributed by atoms with van der Waals surface area (Å²) < 4.78 is 0. The van der Waals surface area contributed by atoms with Crippen LogP contribution in [0.15, 0.2) is 30.3 Å². The van der Waals surface area contributed by atoms with Crippen molar-refractivity contribution in [3.8, 4) is 11.5 Å². The van der Waals surface area contributed by atoms with Crippen molar-refractivity contribution in [3.05, 3.63) is 47.0 Å². The second-order valence-corrected chi connectivity index (χ2v) is 6.74. The standard InChI is InChI=1S/C20H23NO2/c22-19-12-16-7-3-4-10-21(18(16)13-20(19)23)17-9-8-14-5-1-2-6-15(14)11-17/h8-9,11-13,22-23H,1-7,10H2. The molecule has 120 valence electrons. The van der Waals surface area contributed by atoms with Gasteiger partial charge in [-0.05, 0) is 79.8 Å². The largest absolute Gasteiger partial charge is 0.504 e. The summed E-state index contributed by atoms with van der Waals surface area (Å²) >= 11 is 0. The van der Waals surface area contributed by atoms with Gasteiger partial charge in [0.05, 0.1) is 0 Å². The third-order valence-electron chi connectivity index (χ3n) is 5.19. The summed E-state index contributed by atoms with van der Waals surface area (Å²) in [6.07, 6.45) is 8.12. The maximum absolute atomic E-state index is 9.95. The maximum Gasteiger partial charge on any atom is 0.159 e. The first-order valence-electron chi connectivity index (χ1n) is 8.66. The molecule has 0 amide bonds. The number of aromatic hydroxyl groups is 2. The number of hydrogen-bond donors (Lipinski definition) is 2. The Kier molecular flexibility index (Phi) is 3.64. The maximum atomic E-state index is 9.95. The van der Waals surface area contributed by atoms with E-state index in [1.165, 1.54) is 42.5 Å². The van der Waals surface area contributed by atoms with Crippen LogP contribution in [0.1, 0.15) is 42.4 Å². The SMILES string of the molecule is Oc1cc2c(cc1O)N(c1ccc3c(c1)CCCC3)CCCC2. The Morgan fingerprint density at radius 2 is 1.39 bits per heavy atom. The van der Waals surface area contributed by atoms with E-state index in [0.29, 0.717) is 0 Å². The molecular formula is C20H23NO2. The third kappa shape index (κ3) is 2.65. The Morgan fingerprint density at radius 3 is 2.26 bits per heavy atom. The number of benzene rings is 2. The molecule has 0 atom stereocenters. The summed E-state index contributed by atoms with van der Waals surface area (Å²) in [5.74, 6) is -0.0512. The molecule has 0 radical (unpaired) electrons. The van der Waals surface area contributed by atoms with Gasteiger partial charge in [-0.3, -0.25) is 0 Å². The van der Waals surface area contributed by atoms with Crippen molar-refractivity contribution in [3.63, 3.8) is 0 Å². The first-order chi connectivity index (χ1) is 11.2. The van der Waals surface area contributed by atoms with Crippen molar-refractivity contribution in [1.29, 1.82) is 0 Å². The van der Waals surface area contributed by atoms with Crippen molar-refractivity contribution in [1.82, 2.24) is 0 Å². The highest BCUT2D eigenvalue weighted by atomic mass is 16.3. The van der Waals surface area contributed by atoms with Gasteiger partial charge in [0.2, 0.25) is 0 Å². The smallest absolute Gasteiger partial charge is 0.159 e. The Balaban J connectivity index is 1.78. The van der Waals surface area contributed by atoms with Gasteiger partial charge < -0.3 is 15.1 Å². The monoisotopic (exact) mass is 309 g/mol. The molecule has 0 aromatic heterocycles. The molecule has 0 spiro atoms. The zero-order chi connectivity index (χ0) is 15.8. The Bertz CT molecular complexity index is 739. The number of anilines is 2. The molecule has 0 fully saturated rings. The molecule has 0 saturated heterocycles. The summed E-state index contributed by atoms with van der Waals surface area (Å²) in [7, 11) is 0. The zero-order valence-electron chi connectivity index (χ0n) is 13.4. The average molecular weight is 309 g/mol. The van der Waals surface area contributed by atoms with Crippen LogP contribution in [-0.4, -0.2) is 16.8 Å². The van der Waals surface area contributed by atoms with Gasteiger partial charge >= 0.3 is 0 Å². The van der Waals surface area contributed by atoms with Crippen LogP contribution < -0.4 is 4.90 Å². The van der Waals surface area contributed by atoms with E-state index in [0.717, 1.165) is 37.1 Å². The molecule has 3 heteroatoms. The fourth-order valence-corrected chi connectivity index (χ4v) is 3.92. The average Bonchev–Trinajstić information content (AvgIpc) is 2.77. The number of aryl methyl sites for hydroxylation is 3. The van der Waals surface area contributed by atoms with Gasteiger partial charge in [0, 0.05) is 24.0 Å². The lowest BCUT2D eigenvalue weighted by atomic mass is 9.91. The second-order valence-electron chi connectivity index (χ2n) is 6.74. The molecular weight excluding hydrogens is 286 g/mol. The lowest BCUT2D eigenvalue weighted by Gasteiger charge is -2.27. The van der Waals surface area contributed by atoms with Crippen molar-refractivity contribution in [2.24, 2.45) is 0 Å². The number of phenols is 2. The second kappa shape index (κ2) is 5.80. The summed E-state index contributed by atoms with van der Waals surface area (Å²) in [5, 5.41) is 19.8. The minimum atomic E-state index is -0.0337. The van der Waals surface area contributed by atoms with Crippen LogP contribution in [0.3, 0.4) is 0 Å². The normalized spacial score (nSPS) is 17.3. The highest BCUT2D eigenvalue weighted by molar-refractivity contribution is 5.71. The first-order valence-corrected chi connectivity index (χ1v) is 8.66. The molecule has 0 saturated carbocycles. The molecule has 0 unspecified atom stereocenters. The summed E-state index contributed by atoms with van der Waals surface area (Å²) in [4.78, 5) is 2.30. The number of phenolic OH excluding ortho intramolecular Hbond substituents is 2. The Hall–Kier alpha value is -2.16. The topological polar surface area (TPSA) is 43.7 Å². The molecule has 1 heterocycles. The van der Waals surface area contributed by atoms with Crippen LogP contribution in [-0.2, 0) is 19.3 Å². The molecule has 1 aliphatic carbocycles. The third-order valence-corrected chi connectivity index (χ3v) is 5.19. The predicted molar refractivity (Wildman–Crippen MR) is 92.8 cm³/mol. The summed E-state index contributed by atoms with van der Waals surface area (Å²) in [6.45, 7) is 0.954. The molecule has 4 rings (SSSR count). The van der Waals surface area contributed by atoms with Crippen LogP contribution in [0.5, 0.6) is 11.5 Å². The van der Waals surface area contributed by atoms with Crippen molar-refractivity contribution in [2.45, 2.75) is 44.9 Å². The minimum Gasteiger partial charge on any atom is -0.504 e. The van der Waals surface area contributed by atoms with E-state index in [1.807, 2.05) is 0 Å². The molecule has 0 bridgehead atoms. The fourth-order valence-electron chi connectivity index (χ4n) is 3.92. The van der Waals surface area contributed by atoms with Gasteiger partial charge in [-0.15, -0.1) is 0 Å². The molecule has 2 aromatic rings. The van der Waals surface area contributed by atoms with Gasteiger partial charge in [-0.2, -0.15) is 0 Å². The lowest BCUT2D eigenvalue weighted by Crippen LogP contribution is -2.18. The predicted octanol–water partition coefficient (Wildman–Crippen LogP) is 4.45. The molecule has 2 N–H and O–H groups in total. The highest BCUT2D eigenvalue weighted by Gasteiger charge is 2.20. The first kappa shape index (κ1) is 14.4. The molecule has 2 aromatic carbocycles. The van der Waals surface area contributed by atoms with Crippen LogP contribution in [0, 0.1) is 0 Å². The van der Waals surface area contributed by atoms with Crippen LogP contribution in [0.2, 0.25) is 0 Å². The van der Waals surface area contributed by atoms with Crippen molar-refractivity contribution in [2.75, 3.05) is 11.4 Å². The van der Waals surface area contributed by atoms with E-state index in [4.69, 9.17) is 0 Å². The van der Waals surface area contributed by atoms with Crippen molar-refractivity contribution >= 4 is 11.4 Å². The van der Waals surface area contributed by atoms with Gasteiger partial charge in [0.25, 0.3) is 0 Å². The number of rotatable bonds is 1. The van der Waals surface area contributed by atoms with E-state index in [9.17, 15) is 10.2 Å². The zero-order valence-corrected chi connectivity index (χ0v) is 13.4. The van der Waals surface area contributed by atoms with Crippen LogP contribution in [0.25, 0.3) is 0 Å². The molecule has 2 aliphatic rings. The van der Waals surface area contributed by atoms with E-state index in [2.05, 4.69) is 23.1 Å². The van der Waals surface area contributed by atoms with E-state index in [1.54, 1.807) is 12.1 Å². The summed E-state index contributed by atoms with van der Waals surface area (Å²) in [6, 6.07) is 10.3. The van der Waals surface area contributed by atoms with E-state index in [-0.39, 0.29) is 11.5 Å². The molecule has 23 heavy (non-hydrogen) atoms. The molecule has 1 aliphatic heterocycles. The van der Waals surface area contributed by atoms with Gasteiger partial charge in [-0.25, -0.2) is 0 Å². The summed E-state index contributed by atoms with van der Waals surface area (Å²) in [5.41, 5.74) is 6.33. The number of hydrogen-bond acceptors (Lipinski definition) is 3. The van der Waals surface area contributed by atoms with E-state index < -0.39 is 0 Å². The van der Waals surface area contributed by atoms with Crippen molar-refractivity contribution < 1.29 is 10.2 Å². The van der Waals surface area contributed by atoms with Gasteiger partial charge in [-0.1, -0.05) is 6.07 Å². The van der Waals surface area contributed by atoms with Crippen LogP contribution >= 0.6 is 0 Å². The van der Waals surface area contributed by atoms with E-state index >= 15 is 0 Å². The fraction of sp³-hybridized carbons (Fsp3) is 0.400.